The molecule has 8 nitrogen and oxygen atoms in total. The number of nitrogens with one attached hydrogen (secondary N) is 1. The molecule has 2 amide bonds. The summed E-state index contributed by atoms with van der Waals surface area (Å²) in [5, 5.41) is 11.8. The molecule has 26 heavy (non-hydrogen) atoms. The highest BCUT2D eigenvalue weighted by atomic mass is 16.6. The minimum absolute atomic E-state index is 0.129. The predicted octanol–water partition coefficient (Wildman–Crippen LogP) is 0.977. The van der Waals surface area contributed by atoms with Gasteiger partial charge >= 0.3 is 5.97 Å². The van der Waals surface area contributed by atoms with Gasteiger partial charge in [-0.3, -0.25) is 14.4 Å². The summed E-state index contributed by atoms with van der Waals surface area (Å²) in [5.74, 6) is -1.58. The monoisotopic (exact) mass is 362 g/mol. The van der Waals surface area contributed by atoms with E-state index in [-0.39, 0.29) is 24.3 Å². The number of rotatable bonds is 4. The lowest BCUT2D eigenvalue weighted by Gasteiger charge is -2.30. The summed E-state index contributed by atoms with van der Waals surface area (Å²) in [5.41, 5.74) is 1.08. The van der Waals surface area contributed by atoms with E-state index in [1.54, 1.807) is 29.2 Å². The van der Waals surface area contributed by atoms with E-state index in [0.717, 1.165) is 0 Å². The first-order valence-corrected chi connectivity index (χ1v) is 8.67. The predicted molar refractivity (Wildman–Crippen MR) is 91.9 cm³/mol. The van der Waals surface area contributed by atoms with E-state index in [2.05, 4.69) is 5.32 Å². The zero-order valence-electron chi connectivity index (χ0n) is 14.3. The molecule has 0 aromatic heterocycles. The molecular weight excluding hydrogens is 340 g/mol. The van der Waals surface area contributed by atoms with E-state index in [1.165, 1.54) is 0 Å². The van der Waals surface area contributed by atoms with Crippen molar-refractivity contribution in [2.45, 2.75) is 18.9 Å². The zero-order valence-corrected chi connectivity index (χ0v) is 14.3. The summed E-state index contributed by atoms with van der Waals surface area (Å²) in [4.78, 5) is 37.2. The van der Waals surface area contributed by atoms with Crippen molar-refractivity contribution in [3.05, 3.63) is 29.8 Å². The standard InChI is InChI=1S/C18H22N2O6/c21-16(15-11-25-9-10-26-15)19-14-3-1-12(2-4-14)17(22)20-7-5-13(6-8-20)18(23)24/h1-4,13,15H,5-11H2,(H,19,21)(H,23,24). The summed E-state index contributed by atoms with van der Waals surface area (Å²) >= 11 is 0. The first-order chi connectivity index (χ1) is 12.5. The molecule has 2 fully saturated rings. The Morgan fingerprint density at radius 2 is 1.77 bits per heavy atom. The molecule has 0 saturated carbocycles. The first-order valence-electron chi connectivity index (χ1n) is 8.67. The van der Waals surface area contributed by atoms with Gasteiger partial charge in [0.15, 0.2) is 6.10 Å². The van der Waals surface area contributed by atoms with Crippen LogP contribution >= 0.6 is 0 Å². The number of aliphatic carboxylic acids is 1. The SMILES string of the molecule is O=C(O)C1CCN(C(=O)c2ccc(NC(=O)C3COCCO3)cc2)CC1. The molecule has 1 atom stereocenters. The quantitative estimate of drug-likeness (QED) is 0.827. The van der Waals surface area contributed by atoms with Crippen LogP contribution in [0.4, 0.5) is 5.69 Å². The Morgan fingerprint density at radius 3 is 2.35 bits per heavy atom. The van der Waals surface area contributed by atoms with Crippen LogP contribution in [0.3, 0.4) is 0 Å². The normalized spacial score (nSPS) is 21.2. The van der Waals surface area contributed by atoms with E-state index in [0.29, 0.717) is 50.4 Å². The van der Waals surface area contributed by atoms with Crippen molar-refractivity contribution in [2.75, 3.05) is 38.2 Å². The van der Waals surface area contributed by atoms with Crippen LogP contribution in [0, 0.1) is 5.92 Å². The molecule has 3 rings (SSSR count). The van der Waals surface area contributed by atoms with Crippen LogP contribution in [0.2, 0.25) is 0 Å². The second kappa shape index (κ2) is 8.29. The molecule has 2 N–H and O–H groups in total. The molecule has 0 bridgehead atoms. The van der Waals surface area contributed by atoms with Gasteiger partial charge < -0.3 is 24.8 Å². The maximum atomic E-state index is 12.5. The fourth-order valence-corrected chi connectivity index (χ4v) is 3.07. The third-order valence-corrected chi connectivity index (χ3v) is 4.64. The minimum atomic E-state index is -0.801. The number of ether oxygens (including phenoxy) is 2. The lowest BCUT2D eigenvalue weighted by Crippen LogP contribution is -2.40. The van der Waals surface area contributed by atoms with Crippen LogP contribution in [0.25, 0.3) is 0 Å². The van der Waals surface area contributed by atoms with Gasteiger partial charge in [-0.25, -0.2) is 0 Å². The minimum Gasteiger partial charge on any atom is -0.481 e. The molecule has 8 heteroatoms. The van der Waals surface area contributed by atoms with Crippen LogP contribution in [-0.4, -0.2) is 66.8 Å². The summed E-state index contributed by atoms with van der Waals surface area (Å²) in [6.07, 6.45) is 0.317. The van der Waals surface area contributed by atoms with Crippen LogP contribution in [0.5, 0.6) is 0 Å². The molecule has 2 heterocycles. The molecule has 1 aromatic rings. The average molecular weight is 362 g/mol. The van der Waals surface area contributed by atoms with Gasteiger partial charge in [0.2, 0.25) is 0 Å². The fourth-order valence-electron chi connectivity index (χ4n) is 3.07. The Kier molecular flexibility index (Phi) is 5.85. The summed E-state index contributed by atoms with van der Waals surface area (Å²) in [7, 11) is 0. The Morgan fingerprint density at radius 1 is 1.08 bits per heavy atom. The van der Waals surface area contributed by atoms with Crippen LogP contribution in [0.1, 0.15) is 23.2 Å². The van der Waals surface area contributed by atoms with Crippen molar-refractivity contribution < 1.29 is 29.0 Å². The Balaban J connectivity index is 1.54. The van der Waals surface area contributed by atoms with E-state index in [1.807, 2.05) is 0 Å². The highest BCUT2D eigenvalue weighted by Gasteiger charge is 2.27. The van der Waals surface area contributed by atoms with Gasteiger partial charge in [-0.1, -0.05) is 0 Å². The zero-order chi connectivity index (χ0) is 18.5. The van der Waals surface area contributed by atoms with E-state index < -0.39 is 12.1 Å². The number of carbonyl (C=O) groups excluding carboxylic acids is 2. The van der Waals surface area contributed by atoms with E-state index >= 15 is 0 Å². The number of carboxylic acids is 1. The molecule has 0 aliphatic carbocycles. The summed E-state index contributed by atoms with van der Waals surface area (Å²) < 4.78 is 10.5. The number of piperidine rings is 1. The molecule has 1 unspecified atom stereocenters. The second-order valence-electron chi connectivity index (χ2n) is 6.41. The van der Waals surface area contributed by atoms with Gasteiger partial charge in [-0.15, -0.1) is 0 Å². The Labute approximate surface area is 151 Å². The fraction of sp³-hybridized carbons (Fsp3) is 0.500. The third-order valence-electron chi connectivity index (χ3n) is 4.64. The second-order valence-corrected chi connectivity index (χ2v) is 6.41. The summed E-state index contributed by atoms with van der Waals surface area (Å²) in [6.45, 7) is 1.99. The first kappa shape index (κ1) is 18.3. The van der Waals surface area contributed by atoms with Crippen molar-refractivity contribution in [3.63, 3.8) is 0 Å². The van der Waals surface area contributed by atoms with Crippen molar-refractivity contribution >= 4 is 23.5 Å². The number of carboxylic acid groups (broad SMARTS) is 1. The van der Waals surface area contributed by atoms with Gasteiger partial charge in [0.1, 0.15) is 0 Å². The van der Waals surface area contributed by atoms with Crippen molar-refractivity contribution in [2.24, 2.45) is 5.92 Å². The molecule has 0 radical (unpaired) electrons. The number of nitrogens with zero attached hydrogens (tertiary/aromatic N) is 1. The smallest absolute Gasteiger partial charge is 0.306 e. The van der Waals surface area contributed by atoms with Crippen LogP contribution in [-0.2, 0) is 19.1 Å². The number of hydrogen-bond donors (Lipinski definition) is 2. The number of hydrogen-bond acceptors (Lipinski definition) is 5. The Bertz CT molecular complexity index is 661. The summed E-state index contributed by atoms with van der Waals surface area (Å²) in [6, 6.07) is 6.64. The highest BCUT2D eigenvalue weighted by molar-refractivity contribution is 5.97. The number of anilines is 1. The lowest BCUT2D eigenvalue weighted by molar-refractivity contribution is -0.143. The molecule has 2 aliphatic heterocycles. The largest absolute Gasteiger partial charge is 0.481 e. The van der Waals surface area contributed by atoms with Crippen molar-refractivity contribution in [1.29, 1.82) is 0 Å². The van der Waals surface area contributed by atoms with Gasteiger partial charge in [0, 0.05) is 24.3 Å². The number of amides is 2. The highest BCUT2D eigenvalue weighted by Crippen LogP contribution is 2.20. The van der Waals surface area contributed by atoms with Gasteiger partial charge in [0.25, 0.3) is 11.8 Å². The van der Waals surface area contributed by atoms with Gasteiger partial charge in [-0.2, -0.15) is 0 Å². The van der Waals surface area contributed by atoms with Gasteiger partial charge in [-0.05, 0) is 37.1 Å². The van der Waals surface area contributed by atoms with Crippen molar-refractivity contribution in [3.8, 4) is 0 Å². The third kappa shape index (κ3) is 4.39. The molecular formula is C18H22N2O6. The molecule has 1 aromatic carbocycles. The van der Waals surface area contributed by atoms with Crippen LogP contribution in [0.15, 0.2) is 24.3 Å². The topological polar surface area (TPSA) is 105 Å². The maximum absolute atomic E-state index is 12.5. The molecule has 0 spiro atoms. The molecule has 140 valence electrons. The van der Waals surface area contributed by atoms with Crippen molar-refractivity contribution in [1.82, 2.24) is 4.90 Å². The molecule has 2 saturated heterocycles. The maximum Gasteiger partial charge on any atom is 0.306 e. The number of likely N-dealkylation sites (tertiary alicyclic amines) is 1. The Hall–Kier alpha value is -2.45. The molecule has 2 aliphatic rings. The van der Waals surface area contributed by atoms with E-state index in [9.17, 15) is 14.4 Å². The number of benzene rings is 1. The van der Waals surface area contributed by atoms with E-state index in [4.69, 9.17) is 14.6 Å². The van der Waals surface area contributed by atoms with Crippen LogP contribution < -0.4 is 5.32 Å². The average Bonchev–Trinajstić information content (AvgIpc) is 2.69. The van der Waals surface area contributed by atoms with Gasteiger partial charge in [0.05, 0.1) is 25.7 Å². The number of carbonyl (C=O) groups is 3. The lowest BCUT2D eigenvalue weighted by atomic mass is 9.96.